The minimum absolute atomic E-state index is 0.215. The number of nitrogens with zero attached hydrogens (tertiary/aromatic N) is 5. The van der Waals surface area contributed by atoms with Crippen molar-refractivity contribution in [3.63, 3.8) is 0 Å². The summed E-state index contributed by atoms with van der Waals surface area (Å²) in [5.74, 6) is 0.321. The highest BCUT2D eigenvalue weighted by Gasteiger charge is 2.47. The van der Waals surface area contributed by atoms with Crippen molar-refractivity contribution in [2.45, 2.75) is 45.3 Å². The molecule has 2 aromatic rings. The molecular formula is C17H23N7O2. The third kappa shape index (κ3) is 3.12. The van der Waals surface area contributed by atoms with Crippen molar-refractivity contribution in [3.05, 3.63) is 35.7 Å². The third-order valence-corrected chi connectivity index (χ3v) is 4.36. The smallest absolute Gasteiger partial charge is 0.325 e. The molecule has 1 aliphatic heterocycles. The highest BCUT2D eigenvalue weighted by molar-refractivity contribution is 6.06. The largest absolute Gasteiger partial charge is 0.378 e. The number of aromatic nitrogens is 4. The fourth-order valence-corrected chi connectivity index (χ4v) is 2.68. The van der Waals surface area contributed by atoms with Crippen LogP contribution in [-0.4, -0.2) is 44.1 Å². The molecule has 0 unspecified atom stereocenters. The quantitative estimate of drug-likeness (QED) is 0.802. The fraction of sp³-hybridized carbons (Fsp3) is 0.471. The maximum Gasteiger partial charge on any atom is 0.325 e. The Morgan fingerprint density at radius 2 is 1.85 bits per heavy atom. The number of tetrazole rings is 1. The summed E-state index contributed by atoms with van der Waals surface area (Å²) in [6, 6.07) is 6.95. The Labute approximate surface area is 151 Å². The molecule has 0 radical (unpaired) electrons. The van der Waals surface area contributed by atoms with Gasteiger partial charge < -0.3 is 10.6 Å². The van der Waals surface area contributed by atoms with Crippen LogP contribution in [0.15, 0.2) is 24.3 Å². The van der Waals surface area contributed by atoms with Gasteiger partial charge in [-0.2, -0.15) is 4.80 Å². The summed E-state index contributed by atoms with van der Waals surface area (Å²) in [7, 11) is 1.47. The maximum atomic E-state index is 12.3. The van der Waals surface area contributed by atoms with Crippen molar-refractivity contribution in [1.82, 2.24) is 30.4 Å². The molecule has 1 fully saturated rings. The fourth-order valence-electron chi connectivity index (χ4n) is 2.68. The minimum atomic E-state index is -1.04. The predicted molar refractivity (Wildman–Crippen MR) is 95.2 cm³/mol. The van der Waals surface area contributed by atoms with Crippen molar-refractivity contribution in [3.8, 4) is 0 Å². The van der Waals surface area contributed by atoms with E-state index in [0.717, 1.165) is 16.2 Å². The molecule has 3 rings (SSSR count). The van der Waals surface area contributed by atoms with Crippen LogP contribution in [0, 0.1) is 0 Å². The van der Waals surface area contributed by atoms with Gasteiger partial charge in [0.15, 0.2) is 5.82 Å². The van der Waals surface area contributed by atoms with E-state index in [1.54, 1.807) is 11.7 Å². The predicted octanol–water partition coefficient (Wildman–Crippen LogP) is 1.44. The zero-order valence-corrected chi connectivity index (χ0v) is 15.6. The molecule has 0 spiro atoms. The number of benzene rings is 1. The van der Waals surface area contributed by atoms with E-state index in [-0.39, 0.29) is 11.4 Å². The van der Waals surface area contributed by atoms with Crippen LogP contribution in [0.1, 0.15) is 39.1 Å². The number of anilines is 1. The summed E-state index contributed by atoms with van der Waals surface area (Å²) in [4.78, 5) is 26.7. The monoisotopic (exact) mass is 357 g/mol. The van der Waals surface area contributed by atoms with Crippen LogP contribution < -0.4 is 10.6 Å². The molecule has 0 saturated carbocycles. The number of likely N-dealkylation sites (N-methyl/N-ethyl adjacent to an activating group) is 1. The highest BCUT2D eigenvalue weighted by atomic mass is 16.2. The molecule has 2 heterocycles. The Morgan fingerprint density at radius 3 is 2.35 bits per heavy atom. The van der Waals surface area contributed by atoms with E-state index >= 15 is 0 Å². The van der Waals surface area contributed by atoms with Crippen LogP contribution >= 0.6 is 0 Å². The van der Waals surface area contributed by atoms with Gasteiger partial charge >= 0.3 is 6.03 Å². The number of imide groups is 1. The molecule has 2 N–H and O–H groups in total. The van der Waals surface area contributed by atoms with E-state index in [1.807, 2.05) is 45.0 Å². The number of hydrogen-bond acceptors (Lipinski definition) is 6. The molecule has 138 valence electrons. The Hall–Kier alpha value is -2.97. The molecule has 9 heteroatoms. The number of hydrogen-bond donors (Lipinski definition) is 2. The molecule has 1 saturated heterocycles. The molecule has 0 bridgehead atoms. The second-order valence-corrected chi connectivity index (χ2v) is 7.52. The Balaban J connectivity index is 1.68. The van der Waals surface area contributed by atoms with E-state index in [2.05, 4.69) is 26.0 Å². The van der Waals surface area contributed by atoms with Crippen LogP contribution in [0.25, 0.3) is 0 Å². The third-order valence-electron chi connectivity index (χ3n) is 4.36. The molecule has 1 aliphatic rings. The van der Waals surface area contributed by atoms with Gasteiger partial charge in [0.05, 0.1) is 12.1 Å². The van der Waals surface area contributed by atoms with E-state index in [4.69, 9.17) is 0 Å². The topological polar surface area (TPSA) is 105 Å². The number of carbonyl (C=O) groups excluding carboxylic acids is 2. The number of rotatable bonds is 4. The zero-order valence-electron chi connectivity index (χ0n) is 15.6. The van der Waals surface area contributed by atoms with Crippen molar-refractivity contribution in [2.24, 2.45) is 0 Å². The van der Waals surface area contributed by atoms with Crippen LogP contribution in [0.4, 0.5) is 10.5 Å². The normalized spacial score (nSPS) is 20.4. The van der Waals surface area contributed by atoms with Gasteiger partial charge in [0.1, 0.15) is 5.54 Å². The van der Waals surface area contributed by atoms with Gasteiger partial charge in [-0.15, -0.1) is 10.2 Å². The van der Waals surface area contributed by atoms with E-state index < -0.39 is 11.6 Å². The SMILES string of the molecule is CN1C(=O)N[C@](C)(c2ccc(NCc3nnn(C(C)(C)C)n3)cc2)C1=O. The summed E-state index contributed by atoms with van der Waals surface area (Å²) in [6.07, 6.45) is 0. The summed E-state index contributed by atoms with van der Waals surface area (Å²) in [5, 5.41) is 18.4. The van der Waals surface area contributed by atoms with Gasteiger partial charge in [-0.1, -0.05) is 12.1 Å². The lowest BCUT2D eigenvalue weighted by atomic mass is 9.92. The Morgan fingerprint density at radius 1 is 1.19 bits per heavy atom. The number of urea groups is 1. The van der Waals surface area contributed by atoms with Crippen LogP contribution in [0.2, 0.25) is 0 Å². The van der Waals surface area contributed by atoms with Crippen molar-refractivity contribution in [2.75, 3.05) is 12.4 Å². The molecule has 1 atom stereocenters. The molecular weight excluding hydrogens is 334 g/mol. The molecule has 0 aliphatic carbocycles. The van der Waals surface area contributed by atoms with Crippen molar-refractivity contribution < 1.29 is 9.59 Å². The first-order chi connectivity index (χ1) is 12.1. The van der Waals surface area contributed by atoms with Gasteiger partial charge in [-0.3, -0.25) is 9.69 Å². The van der Waals surface area contributed by atoms with Crippen molar-refractivity contribution >= 4 is 17.6 Å². The van der Waals surface area contributed by atoms with Crippen LogP contribution in [-0.2, 0) is 22.4 Å². The Bertz CT molecular complexity index is 838. The maximum absolute atomic E-state index is 12.3. The Kier molecular flexibility index (Phi) is 4.17. The number of nitrogens with one attached hydrogen (secondary N) is 2. The van der Waals surface area contributed by atoms with E-state index in [0.29, 0.717) is 12.4 Å². The van der Waals surface area contributed by atoms with E-state index in [9.17, 15) is 9.59 Å². The molecule has 9 nitrogen and oxygen atoms in total. The standard InChI is InChI=1S/C17H23N7O2/c1-16(2,3)24-21-13(20-22-24)10-18-12-8-6-11(7-9-12)17(4)14(25)23(5)15(26)19-17/h6-9,18H,10H2,1-5H3,(H,19,26)/t17-/m1/s1. The summed E-state index contributed by atoms with van der Waals surface area (Å²) in [6.45, 7) is 8.15. The van der Waals surface area contributed by atoms with Gasteiger partial charge in [-0.05, 0) is 50.6 Å². The second-order valence-electron chi connectivity index (χ2n) is 7.52. The highest BCUT2D eigenvalue weighted by Crippen LogP contribution is 2.28. The molecule has 3 amide bonds. The first-order valence-corrected chi connectivity index (χ1v) is 8.35. The van der Waals surface area contributed by atoms with Crippen LogP contribution in [0.3, 0.4) is 0 Å². The van der Waals surface area contributed by atoms with Gasteiger partial charge in [0.2, 0.25) is 0 Å². The summed E-state index contributed by atoms with van der Waals surface area (Å²) >= 11 is 0. The van der Waals surface area contributed by atoms with E-state index in [1.165, 1.54) is 7.05 Å². The molecule has 26 heavy (non-hydrogen) atoms. The molecule has 1 aromatic heterocycles. The number of amides is 3. The van der Waals surface area contributed by atoms with Gasteiger partial charge in [0.25, 0.3) is 5.91 Å². The first-order valence-electron chi connectivity index (χ1n) is 8.35. The van der Waals surface area contributed by atoms with Gasteiger partial charge in [0, 0.05) is 12.7 Å². The summed E-state index contributed by atoms with van der Waals surface area (Å²) in [5.41, 5.74) is 0.326. The lowest BCUT2D eigenvalue weighted by Crippen LogP contribution is -2.40. The van der Waals surface area contributed by atoms with Gasteiger partial charge in [-0.25, -0.2) is 4.79 Å². The van der Waals surface area contributed by atoms with Crippen LogP contribution in [0.5, 0.6) is 0 Å². The van der Waals surface area contributed by atoms with Crippen molar-refractivity contribution in [1.29, 1.82) is 0 Å². The number of carbonyl (C=O) groups is 2. The molecule has 1 aromatic carbocycles. The average Bonchev–Trinajstić information content (AvgIpc) is 3.14. The summed E-state index contributed by atoms with van der Waals surface area (Å²) < 4.78 is 0. The zero-order chi connectivity index (χ0) is 19.1. The minimum Gasteiger partial charge on any atom is -0.378 e. The average molecular weight is 357 g/mol. The first kappa shape index (κ1) is 17.8. The lowest BCUT2D eigenvalue weighted by molar-refractivity contribution is -0.130. The lowest BCUT2D eigenvalue weighted by Gasteiger charge is -2.22. The second kappa shape index (κ2) is 6.08.